The van der Waals surface area contributed by atoms with Crippen molar-refractivity contribution in [1.29, 1.82) is 0 Å². The molecule has 0 unspecified atom stereocenters. The van der Waals surface area contributed by atoms with Gasteiger partial charge in [0, 0.05) is 11.2 Å². The molecular formula is C16H22N2O2S. The average molecular weight is 306 g/mol. The fourth-order valence-corrected chi connectivity index (χ4v) is 4.32. The summed E-state index contributed by atoms with van der Waals surface area (Å²) < 4.78 is 0. The summed E-state index contributed by atoms with van der Waals surface area (Å²) in [6.45, 7) is 1.80. The fraction of sp³-hybridized carbons (Fsp3) is 0.688. The summed E-state index contributed by atoms with van der Waals surface area (Å²) in [5.74, 6) is 0.416. The van der Waals surface area contributed by atoms with Gasteiger partial charge in [-0.25, -0.2) is 14.8 Å². The lowest BCUT2D eigenvalue weighted by atomic mass is 10.2. The van der Waals surface area contributed by atoms with Gasteiger partial charge in [0.1, 0.15) is 16.4 Å². The van der Waals surface area contributed by atoms with Gasteiger partial charge in [0.05, 0.1) is 5.69 Å². The molecule has 1 N–H and O–H groups in total. The van der Waals surface area contributed by atoms with Crippen molar-refractivity contribution < 1.29 is 9.90 Å². The third-order valence-electron chi connectivity index (χ3n) is 4.31. The summed E-state index contributed by atoms with van der Waals surface area (Å²) >= 11 is 1.67. The molecule has 2 fully saturated rings. The maximum atomic E-state index is 11.6. The van der Waals surface area contributed by atoms with Crippen molar-refractivity contribution in [2.24, 2.45) is 0 Å². The normalized spacial score (nSPS) is 20.2. The molecule has 0 aliphatic heterocycles. The maximum absolute atomic E-state index is 11.6. The number of carboxylic acids is 1. The van der Waals surface area contributed by atoms with Gasteiger partial charge in [0.25, 0.3) is 0 Å². The number of thioether (sulfide) groups is 1. The fourth-order valence-electron chi connectivity index (χ4n) is 2.94. The van der Waals surface area contributed by atoms with Crippen LogP contribution in [0.2, 0.25) is 0 Å². The van der Waals surface area contributed by atoms with Crippen molar-refractivity contribution in [1.82, 2.24) is 9.97 Å². The van der Waals surface area contributed by atoms with Gasteiger partial charge in [0.2, 0.25) is 0 Å². The Balaban J connectivity index is 1.88. The Labute approximate surface area is 129 Å². The second-order valence-corrected chi connectivity index (χ2v) is 7.45. The minimum atomic E-state index is -0.897. The third-order valence-corrected chi connectivity index (χ3v) is 5.63. The monoisotopic (exact) mass is 306 g/mol. The molecule has 1 aromatic heterocycles. The highest BCUT2D eigenvalue weighted by Gasteiger charge is 2.30. The summed E-state index contributed by atoms with van der Waals surface area (Å²) in [6, 6.07) is 0. The second-order valence-electron chi connectivity index (χ2n) is 6.16. The standard InChI is InChI=1S/C16H22N2O2S/c1-10-13(16(19)20)15(18-14(17-10)11-8-9-11)21-12-6-4-2-3-5-7-12/h11-12H,2-9H2,1H3,(H,19,20). The molecule has 2 saturated carbocycles. The zero-order chi connectivity index (χ0) is 14.8. The van der Waals surface area contributed by atoms with Crippen LogP contribution in [0.15, 0.2) is 5.03 Å². The Morgan fingerprint density at radius 3 is 2.33 bits per heavy atom. The van der Waals surface area contributed by atoms with E-state index in [4.69, 9.17) is 0 Å². The molecule has 2 aliphatic carbocycles. The number of carboxylic acid groups (broad SMARTS) is 1. The number of aromatic nitrogens is 2. The minimum Gasteiger partial charge on any atom is -0.478 e. The number of nitrogens with zero attached hydrogens (tertiary/aromatic N) is 2. The minimum absolute atomic E-state index is 0.314. The lowest BCUT2D eigenvalue weighted by molar-refractivity contribution is 0.0690. The molecule has 5 heteroatoms. The molecule has 0 atom stereocenters. The lowest BCUT2D eigenvalue weighted by Crippen LogP contribution is -2.11. The molecule has 0 aromatic carbocycles. The van der Waals surface area contributed by atoms with E-state index >= 15 is 0 Å². The average Bonchev–Trinajstić information content (AvgIpc) is 3.25. The van der Waals surface area contributed by atoms with Crippen LogP contribution in [-0.2, 0) is 0 Å². The first-order valence-corrected chi connectivity index (χ1v) is 8.81. The molecule has 0 amide bonds. The molecule has 4 nitrogen and oxygen atoms in total. The van der Waals surface area contributed by atoms with Gasteiger partial charge >= 0.3 is 5.97 Å². The van der Waals surface area contributed by atoms with Crippen LogP contribution in [-0.4, -0.2) is 26.3 Å². The second kappa shape index (κ2) is 6.34. The highest BCUT2D eigenvalue weighted by molar-refractivity contribution is 7.99. The van der Waals surface area contributed by atoms with Crippen molar-refractivity contribution in [3.8, 4) is 0 Å². The molecule has 0 spiro atoms. The maximum Gasteiger partial charge on any atom is 0.340 e. The number of hydrogen-bond acceptors (Lipinski definition) is 4. The Morgan fingerprint density at radius 1 is 1.10 bits per heavy atom. The lowest BCUT2D eigenvalue weighted by Gasteiger charge is -2.16. The van der Waals surface area contributed by atoms with Gasteiger partial charge in [-0.1, -0.05) is 25.7 Å². The smallest absolute Gasteiger partial charge is 0.340 e. The summed E-state index contributed by atoms with van der Waals surface area (Å²) in [4.78, 5) is 20.6. The van der Waals surface area contributed by atoms with Crippen molar-refractivity contribution in [2.75, 3.05) is 0 Å². The quantitative estimate of drug-likeness (QED) is 0.668. The molecule has 1 aromatic rings. The van der Waals surface area contributed by atoms with Gasteiger partial charge in [-0.05, 0) is 32.6 Å². The summed E-state index contributed by atoms with van der Waals surface area (Å²) in [5, 5.41) is 10.7. The topological polar surface area (TPSA) is 63.1 Å². The van der Waals surface area contributed by atoms with E-state index in [-0.39, 0.29) is 0 Å². The van der Waals surface area contributed by atoms with Crippen molar-refractivity contribution >= 4 is 17.7 Å². The number of aryl methyl sites for hydroxylation is 1. The highest BCUT2D eigenvalue weighted by Crippen LogP contribution is 2.40. The zero-order valence-corrected chi connectivity index (χ0v) is 13.3. The van der Waals surface area contributed by atoms with E-state index in [0.29, 0.717) is 27.5 Å². The predicted molar refractivity (Wildman–Crippen MR) is 83.1 cm³/mol. The van der Waals surface area contributed by atoms with Gasteiger partial charge in [-0.3, -0.25) is 0 Å². The largest absolute Gasteiger partial charge is 0.478 e. The van der Waals surface area contributed by atoms with E-state index < -0.39 is 5.97 Å². The molecule has 1 heterocycles. The van der Waals surface area contributed by atoms with Crippen LogP contribution >= 0.6 is 11.8 Å². The van der Waals surface area contributed by atoms with Crippen molar-refractivity contribution in [3.63, 3.8) is 0 Å². The van der Waals surface area contributed by atoms with E-state index in [2.05, 4.69) is 9.97 Å². The van der Waals surface area contributed by atoms with E-state index in [0.717, 1.165) is 18.7 Å². The zero-order valence-electron chi connectivity index (χ0n) is 12.5. The first-order chi connectivity index (χ1) is 10.1. The van der Waals surface area contributed by atoms with E-state index in [1.165, 1.54) is 38.5 Å². The number of hydrogen-bond donors (Lipinski definition) is 1. The SMILES string of the molecule is Cc1nc(C2CC2)nc(SC2CCCCCC2)c1C(=O)O. The van der Waals surface area contributed by atoms with Gasteiger partial charge in [-0.2, -0.15) is 0 Å². The first kappa shape index (κ1) is 14.8. The van der Waals surface area contributed by atoms with Gasteiger partial charge < -0.3 is 5.11 Å². The summed E-state index contributed by atoms with van der Waals surface area (Å²) in [7, 11) is 0. The number of aromatic carboxylic acids is 1. The molecule has 0 radical (unpaired) electrons. The van der Waals surface area contributed by atoms with Gasteiger partial charge in [0.15, 0.2) is 0 Å². The first-order valence-electron chi connectivity index (χ1n) is 7.93. The van der Waals surface area contributed by atoms with Gasteiger partial charge in [-0.15, -0.1) is 11.8 Å². The predicted octanol–water partition coefficient (Wildman–Crippen LogP) is 4.18. The van der Waals surface area contributed by atoms with Crippen LogP contribution in [0.25, 0.3) is 0 Å². The molecule has 0 saturated heterocycles. The molecular weight excluding hydrogens is 284 g/mol. The molecule has 0 bridgehead atoms. The van der Waals surface area contributed by atoms with E-state index in [1.54, 1.807) is 18.7 Å². The Kier molecular flexibility index (Phi) is 4.48. The molecule has 114 valence electrons. The van der Waals surface area contributed by atoms with Crippen LogP contribution in [0, 0.1) is 6.92 Å². The number of rotatable bonds is 4. The van der Waals surface area contributed by atoms with E-state index in [1.807, 2.05) is 0 Å². The number of carbonyl (C=O) groups is 1. The Hall–Kier alpha value is -1.10. The third kappa shape index (κ3) is 3.57. The summed E-state index contributed by atoms with van der Waals surface area (Å²) in [5.41, 5.74) is 0.934. The van der Waals surface area contributed by atoms with Crippen molar-refractivity contribution in [3.05, 3.63) is 17.1 Å². The van der Waals surface area contributed by atoms with Crippen LogP contribution in [0.1, 0.15) is 79.2 Å². The molecule has 3 rings (SSSR count). The molecule has 21 heavy (non-hydrogen) atoms. The summed E-state index contributed by atoms with van der Waals surface area (Å²) in [6.07, 6.45) is 9.73. The Bertz CT molecular complexity index is 535. The van der Waals surface area contributed by atoms with Crippen LogP contribution < -0.4 is 0 Å². The van der Waals surface area contributed by atoms with Crippen molar-refractivity contribution in [2.45, 2.75) is 74.5 Å². The Morgan fingerprint density at radius 2 is 1.76 bits per heavy atom. The van der Waals surface area contributed by atoms with Crippen LogP contribution in [0.5, 0.6) is 0 Å². The van der Waals surface area contributed by atoms with E-state index in [9.17, 15) is 9.90 Å². The highest BCUT2D eigenvalue weighted by atomic mass is 32.2. The van der Waals surface area contributed by atoms with Crippen LogP contribution in [0.3, 0.4) is 0 Å². The van der Waals surface area contributed by atoms with Crippen LogP contribution in [0.4, 0.5) is 0 Å². The molecule has 2 aliphatic rings.